The fourth-order valence-corrected chi connectivity index (χ4v) is 2.49. The topological polar surface area (TPSA) is 28.4 Å². The largest absolute Gasteiger partial charge is 0.464 e. The lowest BCUT2D eigenvalue weighted by molar-refractivity contribution is 0.482. The first kappa shape index (κ1) is 14.9. The number of hydrogen-bond donors (Lipinski definition) is 1. The number of furan rings is 1. The van der Waals surface area contributed by atoms with Crippen LogP contribution in [0.4, 0.5) is 5.69 Å². The second-order valence-electron chi connectivity index (χ2n) is 5.08. The summed E-state index contributed by atoms with van der Waals surface area (Å²) >= 11 is 6.36. The van der Waals surface area contributed by atoms with E-state index in [1.165, 1.54) is 0 Å². The SMILES string of the molecule is CNC(C)c1ccc(N(C)Cc2ccc(C)o2)cc1Cl. The van der Waals surface area contributed by atoms with E-state index in [1.807, 2.05) is 39.2 Å². The van der Waals surface area contributed by atoms with Crippen LogP contribution >= 0.6 is 11.6 Å². The highest BCUT2D eigenvalue weighted by Crippen LogP contribution is 2.28. The Bertz CT molecular complexity index is 580. The lowest BCUT2D eigenvalue weighted by Gasteiger charge is -2.20. The molecule has 3 nitrogen and oxygen atoms in total. The molecular weight excluding hydrogens is 272 g/mol. The van der Waals surface area contributed by atoms with Gasteiger partial charge in [0.1, 0.15) is 11.5 Å². The molecule has 0 saturated carbocycles. The third kappa shape index (κ3) is 3.35. The minimum atomic E-state index is 0.245. The second-order valence-corrected chi connectivity index (χ2v) is 5.49. The molecule has 1 aromatic heterocycles. The molecule has 0 aliphatic rings. The number of nitrogens with zero attached hydrogens (tertiary/aromatic N) is 1. The normalized spacial score (nSPS) is 12.4. The van der Waals surface area contributed by atoms with Crippen molar-refractivity contribution in [2.75, 3.05) is 19.0 Å². The molecule has 2 rings (SSSR count). The van der Waals surface area contributed by atoms with Gasteiger partial charge < -0.3 is 14.6 Å². The Hall–Kier alpha value is -1.45. The van der Waals surface area contributed by atoms with Gasteiger partial charge in [-0.25, -0.2) is 0 Å². The zero-order valence-corrected chi connectivity index (χ0v) is 13.2. The van der Waals surface area contributed by atoms with E-state index in [0.29, 0.717) is 0 Å². The Morgan fingerprint density at radius 3 is 2.60 bits per heavy atom. The van der Waals surface area contributed by atoms with Gasteiger partial charge in [-0.2, -0.15) is 0 Å². The number of rotatable bonds is 5. The first-order valence-electron chi connectivity index (χ1n) is 6.74. The van der Waals surface area contributed by atoms with Crippen LogP contribution in [-0.4, -0.2) is 14.1 Å². The molecule has 4 heteroatoms. The van der Waals surface area contributed by atoms with Crippen LogP contribution < -0.4 is 10.2 Å². The van der Waals surface area contributed by atoms with Gasteiger partial charge in [0.05, 0.1) is 6.54 Å². The van der Waals surface area contributed by atoms with Gasteiger partial charge in [0, 0.05) is 23.8 Å². The van der Waals surface area contributed by atoms with Crippen molar-refractivity contribution >= 4 is 17.3 Å². The summed E-state index contributed by atoms with van der Waals surface area (Å²) in [6, 6.07) is 10.4. The van der Waals surface area contributed by atoms with Gasteiger partial charge in [-0.05, 0) is 50.7 Å². The molecule has 20 heavy (non-hydrogen) atoms. The summed E-state index contributed by atoms with van der Waals surface area (Å²) in [6.07, 6.45) is 0. The maximum Gasteiger partial charge on any atom is 0.123 e. The number of benzene rings is 1. The lowest BCUT2D eigenvalue weighted by Crippen LogP contribution is -2.17. The van der Waals surface area contributed by atoms with E-state index < -0.39 is 0 Å². The van der Waals surface area contributed by atoms with Crippen LogP contribution in [0.15, 0.2) is 34.7 Å². The molecule has 0 saturated heterocycles. The molecule has 1 aromatic carbocycles. The Morgan fingerprint density at radius 2 is 2.05 bits per heavy atom. The summed E-state index contributed by atoms with van der Waals surface area (Å²) in [5.41, 5.74) is 2.19. The van der Waals surface area contributed by atoms with E-state index in [0.717, 1.165) is 34.3 Å². The molecule has 0 radical (unpaired) electrons. The van der Waals surface area contributed by atoms with E-state index in [9.17, 15) is 0 Å². The van der Waals surface area contributed by atoms with Gasteiger partial charge in [-0.1, -0.05) is 17.7 Å². The number of hydrogen-bond acceptors (Lipinski definition) is 3. The van der Waals surface area contributed by atoms with E-state index in [2.05, 4.69) is 29.3 Å². The van der Waals surface area contributed by atoms with Crippen molar-refractivity contribution in [1.29, 1.82) is 0 Å². The van der Waals surface area contributed by atoms with Gasteiger partial charge in [0.15, 0.2) is 0 Å². The second kappa shape index (κ2) is 6.33. The first-order valence-corrected chi connectivity index (χ1v) is 7.12. The monoisotopic (exact) mass is 292 g/mol. The summed E-state index contributed by atoms with van der Waals surface area (Å²) in [4.78, 5) is 2.12. The van der Waals surface area contributed by atoms with Gasteiger partial charge in [0.2, 0.25) is 0 Å². The molecule has 1 N–H and O–H groups in total. The van der Waals surface area contributed by atoms with Crippen LogP contribution in [0.2, 0.25) is 5.02 Å². The van der Waals surface area contributed by atoms with Crippen molar-refractivity contribution < 1.29 is 4.42 Å². The van der Waals surface area contributed by atoms with Gasteiger partial charge in [-0.3, -0.25) is 0 Å². The third-order valence-corrected chi connectivity index (χ3v) is 3.84. The van der Waals surface area contributed by atoms with Gasteiger partial charge >= 0.3 is 0 Å². The zero-order chi connectivity index (χ0) is 14.7. The highest BCUT2D eigenvalue weighted by molar-refractivity contribution is 6.31. The summed E-state index contributed by atoms with van der Waals surface area (Å²) in [5.74, 6) is 1.89. The maximum absolute atomic E-state index is 6.36. The fourth-order valence-electron chi connectivity index (χ4n) is 2.16. The number of anilines is 1. The Kier molecular flexibility index (Phi) is 4.73. The van der Waals surface area contributed by atoms with Crippen LogP contribution in [0.5, 0.6) is 0 Å². The van der Waals surface area contributed by atoms with E-state index in [1.54, 1.807) is 0 Å². The highest BCUT2D eigenvalue weighted by Gasteiger charge is 2.11. The zero-order valence-electron chi connectivity index (χ0n) is 12.4. The van der Waals surface area contributed by atoms with Crippen LogP contribution in [0, 0.1) is 6.92 Å². The molecule has 0 fully saturated rings. The summed E-state index contributed by atoms with van der Waals surface area (Å²) in [7, 11) is 3.96. The van der Waals surface area contributed by atoms with Crippen LogP contribution in [0.25, 0.3) is 0 Å². The molecule has 2 aromatic rings. The average molecular weight is 293 g/mol. The van der Waals surface area contributed by atoms with Gasteiger partial charge in [-0.15, -0.1) is 0 Å². The fraction of sp³-hybridized carbons (Fsp3) is 0.375. The standard InChI is InChI=1S/C16H21ClN2O/c1-11-5-7-14(20-11)10-19(4)13-6-8-15(12(2)18-3)16(17)9-13/h5-9,12,18H,10H2,1-4H3. The molecule has 1 unspecified atom stereocenters. The van der Waals surface area contributed by atoms with E-state index in [-0.39, 0.29) is 6.04 Å². The van der Waals surface area contributed by atoms with E-state index >= 15 is 0 Å². The molecular formula is C16H21ClN2O. The van der Waals surface area contributed by atoms with Crippen molar-refractivity contribution in [3.05, 3.63) is 52.4 Å². The van der Waals surface area contributed by atoms with Crippen molar-refractivity contribution in [1.82, 2.24) is 5.32 Å². The van der Waals surface area contributed by atoms with E-state index in [4.69, 9.17) is 16.0 Å². The predicted octanol–water partition coefficient (Wildman–Crippen LogP) is 4.16. The molecule has 1 heterocycles. The van der Waals surface area contributed by atoms with Crippen molar-refractivity contribution in [3.63, 3.8) is 0 Å². The minimum absolute atomic E-state index is 0.245. The number of nitrogens with one attached hydrogen (secondary N) is 1. The minimum Gasteiger partial charge on any atom is -0.464 e. The molecule has 108 valence electrons. The Balaban J connectivity index is 2.14. The van der Waals surface area contributed by atoms with Crippen LogP contribution in [0.1, 0.15) is 30.0 Å². The third-order valence-electron chi connectivity index (χ3n) is 3.51. The number of aryl methyl sites for hydroxylation is 1. The molecule has 0 amide bonds. The molecule has 1 atom stereocenters. The van der Waals surface area contributed by atoms with Crippen LogP contribution in [0.3, 0.4) is 0 Å². The number of halogens is 1. The Labute approximate surface area is 125 Å². The maximum atomic E-state index is 6.36. The summed E-state index contributed by atoms with van der Waals surface area (Å²) < 4.78 is 5.60. The quantitative estimate of drug-likeness (QED) is 0.897. The van der Waals surface area contributed by atoms with Gasteiger partial charge in [0.25, 0.3) is 0 Å². The summed E-state index contributed by atoms with van der Waals surface area (Å²) in [5, 5.41) is 3.98. The van der Waals surface area contributed by atoms with Crippen LogP contribution in [-0.2, 0) is 6.54 Å². The molecule has 0 aliphatic heterocycles. The van der Waals surface area contributed by atoms with Crippen molar-refractivity contribution in [2.45, 2.75) is 26.4 Å². The molecule has 0 bridgehead atoms. The Morgan fingerprint density at radius 1 is 1.30 bits per heavy atom. The summed E-state index contributed by atoms with van der Waals surface area (Å²) in [6.45, 7) is 4.77. The lowest BCUT2D eigenvalue weighted by atomic mass is 10.1. The smallest absolute Gasteiger partial charge is 0.123 e. The first-order chi connectivity index (χ1) is 9.51. The van der Waals surface area contributed by atoms with Crippen molar-refractivity contribution in [2.24, 2.45) is 0 Å². The predicted molar refractivity (Wildman–Crippen MR) is 84.5 cm³/mol. The molecule has 0 spiro atoms. The average Bonchev–Trinajstić information content (AvgIpc) is 2.83. The highest BCUT2D eigenvalue weighted by atomic mass is 35.5. The molecule has 0 aliphatic carbocycles. The van der Waals surface area contributed by atoms with Crippen molar-refractivity contribution in [3.8, 4) is 0 Å².